The van der Waals surface area contributed by atoms with Gasteiger partial charge < -0.3 is 10.6 Å². The molecule has 2 N–H and O–H groups in total. The number of aryl methyl sites for hydroxylation is 1. The lowest BCUT2D eigenvalue weighted by Crippen LogP contribution is -2.31. The summed E-state index contributed by atoms with van der Waals surface area (Å²) in [4.78, 5) is 15.2. The summed E-state index contributed by atoms with van der Waals surface area (Å²) in [6, 6.07) is 5.97. The molecular weight excluding hydrogens is 268 g/mol. The molecule has 0 aliphatic heterocycles. The van der Waals surface area contributed by atoms with E-state index in [1.807, 2.05) is 36.9 Å². The lowest BCUT2D eigenvalue weighted by molar-refractivity contribution is -0.126. The summed E-state index contributed by atoms with van der Waals surface area (Å²) in [6.07, 6.45) is 5.47. The first-order valence-electron chi connectivity index (χ1n) is 7.10. The van der Waals surface area contributed by atoms with Gasteiger partial charge in [0.1, 0.15) is 0 Å². The number of carbonyl (C=O) groups is 1. The monoisotopic (exact) mass is 290 g/mol. The van der Waals surface area contributed by atoms with Crippen LogP contribution in [0, 0.1) is 6.92 Å². The highest BCUT2D eigenvalue weighted by molar-refractivity contribution is 8.00. The van der Waals surface area contributed by atoms with Gasteiger partial charge in [-0.1, -0.05) is 12.1 Å². The molecule has 1 amide bonds. The van der Waals surface area contributed by atoms with Crippen molar-refractivity contribution in [2.45, 2.75) is 38.0 Å². The van der Waals surface area contributed by atoms with Gasteiger partial charge in [-0.25, -0.2) is 0 Å². The number of hydrogen-bond donors (Lipinski definition) is 1. The second-order valence-corrected chi connectivity index (χ2v) is 6.07. The van der Waals surface area contributed by atoms with E-state index >= 15 is 0 Å². The van der Waals surface area contributed by atoms with Crippen LogP contribution in [0.15, 0.2) is 34.9 Å². The molecule has 0 spiro atoms. The minimum atomic E-state index is 0.172. The Balaban J connectivity index is 1.97. The molecule has 108 valence electrons. The van der Waals surface area contributed by atoms with E-state index in [-0.39, 0.29) is 5.91 Å². The van der Waals surface area contributed by atoms with Crippen molar-refractivity contribution in [2.24, 2.45) is 0 Å². The smallest absolute Gasteiger partial charge is 0.237 e. The van der Waals surface area contributed by atoms with Crippen LogP contribution in [-0.4, -0.2) is 23.1 Å². The molecule has 1 aromatic rings. The normalized spacial score (nSPS) is 14.2. The molecule has 0 saturated carbocycles. The average molecular weight is 290 g/mol. The lowest BCUT2D eigenvalue weighted by atomic mass is 10.2. The van der Waals surface area contributed by atoms with Crippen LogP contribution in [0.25, 0.3) is 0 Å². The molecule has 0 saturated heterocycles. The van der Waals surface area contributed by atoms with Crippen LogP contribution in [-0.2, 0) is 4.79 Å². The summed E-state index contributed by atoms with van der Waals surface area (Å²) in [5.41, 5.74) is 9.07. The number of amides is 1. The van der Waals surface area contributed by atoms with E-state index in [2.05, 4.69) is 6.08 Å². The maximum atomic E-state index is 12.3. The molecule has 0 fully saturated rings. The SMILES string of the molecule is CCN(C(=O)CSc1ccc(C)cc1N)C1=CCCC1. The second-order valence-electron chi connectivity index (χ2n) is 5.06. The average Bonchev–Trinajstić information content (AvgIpc) is 2.92. The number of nitrogens with two attached hydrogens (primary N) is 1. The number of nitrogens with zero attached hydrogens (tertiary/aromatic N) is 1. The number of allylic oxidation sites excluding steroid dienone is 2. The molecule has 20 heavy (non-hydrogen) atoms. The van der Waals surface area contributed by atoms with E-state index in [0.29, 0.717) is 5.75 Å². The van der Waals surface area contributed by atoms with Crippen LogP contribution < -0.4 is 5.73 Å². The number of nitrogen functional groups attached to an aromatic ring is 1. The Labute approximate surface area is 125 Å². The summed E-state index contributed by atoms with van der Waals surface area (Å²) in [5.74, 6) is 0.615. The quantitative estimate of drug-likeness (QED) is 0.666. The third-order valence-electron chi connectivity index (χ3n) is 3.50. The number of carbonyl (C=O) groups excluding carboxylic acids is 1. The fraction of sp³-hybridized carbons (Fsp3) is 0.438. The third kappa shape index (κ3) is 3.57. The number of rotatable bonds is 5. The number of hydrogen-bond acceptors (Lipinski definition) is 3. The van der Waals surface area contributed by atoms with Crippen LogP contribution in [0.5, 0.6) is 0 Å². The molecule has 3 nitrogen and oxygen atoms in total. The standard InChI is InChI=1S/C16H22N2OS/c1-3-18(13-6-4-5-7-13)16(19)11-20-15-9-8-12(2)10-14(15)17/h6,8-10H,3-5,7,11,17H2,1-2H3. The molecule has 1 aliphatic rings. The Morgan fingerprint density at radius 3 is 2.85 bits per heavy atom. The number of anilines is 1. The maximum absolute atomic E-state index is 12.3. The summed E-state index contributed by atoms with van der Waals surface area (Å²) in [7, 11) is 0. The Bertz CT molecular complexity index is 525. The first-order chi connectivity index (χ1) is 9.61. The summed E-state index contributed by atoms with van der Waals surface area (Å²) in [6.45, 7) is 4.79. The van der Waals surface area contributed by atoms with Crippen molar-refractivity contribution >= 4 is 23.4 Å². The summed E-state index contributed by atoms with van der Waals surface area (Å²) < 4.78 is 0. The number of benzene rings is 1. The van der Waals surface area contributed by atoms with Gasteiger partial charge in [-0.3, -0.25) is 4.79 Å². The maximum Gasteiger partial charge on any atom is 0.237 e. The zero-order chi connectivity index (χ0) is 14.5. The van der Waals surface area contributed by atoms with E-state index in [4.69, 9.17) is 5.73 Å². The van der Waals surface area contributed by atoms with Gasteiger partial charge in [0.2, 0.25) is 5.91 Å². The molecule has 0 atom stereocenters. The van der Waals surface area contributed by atoms with E-state index < -0.39 is 0 Å². The van der Waals surface area contributed by atoms with Crippen molar-refractivity contribution in [3.05, 3.63) is 35.5 Å². The van der Waals surface area contributed by atoms with Crippen LogP contribution in [0.3, 0.4) is 0 Å². The zero-order valence-corrected chi connectivity index (χ0v) is 13.0. The Hall–Kier alpha value is -1.42. The van der Waals surface area contributed by atoms with Crippen molar-refractivity contribution in [3.63, 3.8) is 0 Å². The van der Waals surface area contributed by atoms with Crippen LogP contribution >= 0.6 is 11.8 Å². The van der Waals surface area contributed by atoms with Gasteiger partial charge in [-0.2, -0.15) is 0 Å². The molecule has 0 heterocycles. The predicted molar refractivity (Wildman–Crippen MR) is 85.6 cm³/mol. The highest BCUT2D eigenvalue weighted by Gasteiger charge is 2.18. The van der Waals surface area contributed by atoms with E-state index in [1.165, 1.54) is 17.5 Å². The number of thioether (sulfide) groups is 1. The van der Waals surface area contributed by atoms with Gasteiger partial charge in [-0.05, 0) is 50.8 Å². The van der Waals surface area contributed by atoms with Gasteiger partial charge in [0, 0.05) is 22.8 Å². The molecule has 2 rings (SSSR count). The lowest BCUT2D eigenvalue weighted by Gasteiger charge is -2.22. The molecular formula is C16H22N2OS. The topological polar surface area (TPSA) is 46.3 Å². The van der Waals surface area contributed by atoms with Gasteiger partial charge >= 0.3 is 0 Å². The Kier molecular flexibility index (Phi) is 5.12. The van der Waals surface area contributed by atoms with Gasteiger partial charge in [0.25, 0.3) is 0 Å². The van der Waals surface area contributed by atoms with Crippen molar-refractivity contribution in [1.29, 1.82) is 0 Å². The molecule has 0 unspecified atom stereocenters. The predicted octanol–water partition coefficient (Wildman–Crippen LogP) is 3.59. The van der Waals surface area contributed by atoms with Crippen LogP contribution in [0.2, 0.25) is 0 Å². The van der Waals surface area contributed by atoms with Crippen molar-refractivity contribution < 1.29 is 4.79 Å². The van der Waals surface area contributed by atoms with E-state index in [9.17, 15) is 4.79 Å². The van der Waals surface area contributed by atoms with Crippen molar-refractivity contribution in [2.75, 3.05) is 18.0 Å². The second kappa shape index (κ2) is 6.84. The van der Waals surface area contributed by atoms with Gasteiger partial charge in [0.15, 0.2) is 0 Å². The summed E-state index contributed by atoms with van der Waals surface area (Å²) >= 11 is 1.52. The van der Waals surface area contributed by atoms with E-state index in [1.54, 1.807) is 0 Å². The van der Waals surface area contributed by atoms with Gasteiger partial charge in [0.05, 0.1) is 5.75 Å². The fourth-order valence-electron chi connectivity index (χ4n) is 2.46. The molecule has 0 bridgehead atoms. The Morgan fingerprint density at radius 2 is 2.25 bits per heavy atom. The van der Waals surface area contributed by atoms with Crippen LogP contribution in [0.1, 0.15) is 31.7 Å². The molecule has 4 heteroatoms. The molecule has 1 aliphatic carbocycles. The third-order valence-corrected chi connectivity index (χ3v) is 4.57. The first kappa shape index (κ1) is 15.0. The van der Waals surface area contributed by atoms with E-state index in [0.717, 1.165) is 42.0 Å². The molecule has 0 aromatic heterocycles. The molecule has 1 aromatic carbocycles. The van der Waals surface area contributed by atoms with Gasteiger partial charge in [-0.15, -0.1) is 11.8 Å². The molecule has 0 radical (unpaired) electrons. The van der Waals surface area contributed by atoms with Crippen molar-refractivity contribution in [3.8, 4) is 0 Å². The fourth-order valence-corrected chi connectivity index (χ4v) is 3.28. The highest BCUT2D eigenvalue weighted by atomic mass is 32.2. The first-order valence-corrected chi connectivity index (χ1v) is 8.08. The largest absolute Gasteiger partial charge is 0.398 e. The zero-order valence-electron chi connectivity index (χ0n) is 12.2. The highest BCUT2D eigenvalue weighted by Crippen LogP contribution is 2.27. The Morgan fingerprint density at radius 1 is 1.45 bits per heavy atom. The van der Waals surface area contributed by atoms with Crippen LogP contribution in [0.4, 0.5) is 5.69 Å². The minimum Gasteiger partial charge on any atom is -0.398 e. The minimum absolute atomic E-state index is 0.172. The van der Waals surface area contributed by atoms with Crippen molar-refractivity contribution in [1.82, 2.24) is 4.90 Å². The summed E-state index contributed by atoms with van der Waals surface area (Å²) in [5, 5.41) is 0.